The topological polar surface area (TPSA) is 101 Å². The fraction of sp³-hybridized carbons (Fsp3) is 0.368. The molecule has 1 aliphatic heterocycles. The molecule has 0 aliphatic carbocycles. The lowest BCUT2D eigenvalue weighted by atomic mass is 10.00. The van der Waals surface area contributed by atoms with Crippen LogP contribution in [-0.2, 0) is 21.0 Å². The van der Waals surface area contributed by atoms with Crippen LogP contribution in [0.4, 0.5) is 0 Å². The minimum atomic E-state index is -1.33. The number of esters is 1. The molecule has 1 aromatic heterocycles. The fourth-order valence-corrected chi connectivity index (χ4v) is 3.15. The third-order valence-electron chi connectivity index (χ3n) is 4.44. The average Bonchev–Trinajstić information content (AvgIpc) is 3.06. The molecule has 2 heterocycles. The van der Waals surface area contributed by atoms with Gasteiger partial charge in [-0.15, -0.1) is 10.1 Å². The quantitative estimate of drug-likeness (QED) is 0.408. The van der Waals surface area contributed by atoms with Gasteiger partial charge in [0.15, 0.2) is 5.75 Å². The smallest absolute Gasteiger partial charge is 0.341 e. The van der Waals surface area contributed by atoms with Crippen LogP contribution in [0.1, 0.15) is 42.3 Å². The molecule has 8 nitrogen and oxygen atoms in total. The van der Waals surface area contributed by atoms with Crippen LogP contribution in [-0.4, -0.2) is 22.1 Å². The summed E-state index contributed by atoms with van der Waals surface area (Å²) < 4.78 is 11.4. The van der Waals surface area contributed by atoms with Crippen molar-refractivity contribution in [2.75, 3.05) is 0 Å². The standard InChI is InChI=1S/C19H19ClN2O6/c1-10(2)16(28-22(24)25)19(23)27-17-11(3)21-8-14-15(17)9-26-18(14)12-4-6-13(20)7-5-12/h4-8,10,16,18H,9H2,1-3H3/t16-,18+/m1/s1. The van der Waals surface area contributed by atoms with Gasteiger partial charge in [-0.1, -0.05) is 37.6 Å². The summed E-state index contributed by atoms with van der Waals surface area (Å²) in [6.07, 6.45) is -0.0183. The van der Waals surface area contributed by atoms with Crippen molar-refractivity contribution >= 4 is 17.6 Å². The minimum Gasteiger partial charge on any atom is -0.423 e. The summed E-state index contributed by atoms with van der Waals surface area (Å²) >= 11 is 5.94. The Kier molecular flexibility index (Phi) is 5.81. The lowest BCUT2D eigenvalue weighted by Crippen LogP contribution is -2.35. The van der Waals surface area contributed by atoms with Crippen molar-refractivity contribution in [3.63, 3.8) is 0 Å². The van der Waals surface area contributed by atoms with E-state index >= 15 is 0 Å². The summed E-state index contributed by atoms with van der Waals surface area (Å²) in [5.41, 5.74) is 2.83. The van der Waals surface area contributed by atoms with Crippen LogP contribution in [0.3, 0.4) is 0 Å². The first-order chi connectivity index (χ1) is 13.3. The monoisotopic (exact) mass is 406 g/mol. The number of aromatic nitrogens is 1. The number of pyridine rings is 1. The van der Waals surface area contributed by atoms with E-state index in [-0.39, 0.29) is 18.5 Å². The highest BCUT2D eigenvalue weighted by Crippen LogP contribution is 2.41. The van der Waals surface area contributed by atoms with Crippen LogP contribution in [0.25, 0.3) is 0 Å². The van der Waals surface area contributed by atoms with E-state index in [1.54, 1.807) is 39.1 Å². The van der Waals surface area contributed by atoms with Crippen LogP contribution >= 0.6 is 11.6 Å². The second-order valence-electron chi connectivity index (χ2n) is 6.76. The molecule has 1 aromatic carbocycles. The molecular formula is C19H19ClN2O6. The SMILES string of the molecule is Cc1ncc2c(c1OC(=O)[C@H](O[N+](=O)[O-])C(C)C)CO[C@H]2c1ccc(Cl)cc1. The maximum absolute atomic E-state index is 12.5. The van der Waals surface area contributed by atoms with E-state index in [9.17, 15) is 14.9 Å². The maximum Gasteiger partial charge on any atom is 0.341 e. The Morgan fingerprint density at radius 1 is 1.36 bits per heavy atom. The molecule has 28 heavy (non-hydrogen) atoms. The number of rotatable bonds is 6. The molecule has 0 N–H and O–H groups in total. The van der Waals surface area contributed by atoms with E-state index in [0.717, 1.165) is 11.1 Å². The zero-order valence-corrected chi connectivity index (χ0v) is 16.3. The first-order valence-electron chi connectivity index (χ1n) is 8.66. The van der Waals surface area contributed by atoms with Gasteiger partial charge in [0.1, 0.15) is 6.10 Å². The van der Waals surface area contributed by atoms with Gasteiger partial charge in [0.2, 0.25) is 6.10 Å². The third kappa shape index (κ3) is 4.07. The maximum atomic E-state index is 12.5. The van der Waals surface area contributed by atoms with Gasteiger partial charge in [-0.2, -0.15) is 0 Å². The lowest BCUT2D eigenvalue weighted by molar-refractivity contribution is -0.766. The average molecular weight is 407 g/mol. The Hall–Kier alpha value is -2.71. The molecule has 0 saturated carbocycles. The van der Waals surface area contributed by atoms with Gasteiger partial charge in [0.25, 0.3) is 5.09 Å². The first kappa shape index (κ1) is 20.0. The number of hydrogen-bond donors (Lipinski definition) is 0. The normalized spacial score (nSPS) is 16.5. The highest BCUT2D eigenvalue weighted by molar-refractivity contribution is 6.30. The van der Waals surface area contributed by atoms with Crippen LogP contribution in [0.5, 0.6) is 5.75 Å². The van der Waals surface area contributed by atoms with Crippen molar-refractivity contribution in [3.8, 4) is 5.75 Å². The summed E-state index contributed by atoms with van der Waals surface area (Å²) in [5, 5.41) is 10.3. The Balaban J connectivity index is 1.90. The number of hydrogen-bond acceptors (Lipinski definition) is 7. The Morgan fingerprint density at radius 3 is 2.64 bits per heavy atom. The highest BCUT2D eigenvalue weighted by atomic mass is 35.5. The minimum absolute atomic E-state index is 0.219. The lowest BCUT2D eigenvalue weighted by Gasteiger charge is -2.19. The largest absolute Gasteiger partial charge is 0.423 e. The molecule has 0 amide bonds. The van der Waals surface area contributed by atoms with E-state index in [1.807, 2.05) is 12.1 Å². The van der Waals surface area contributed by atoms with Crippen molar-refractivity contribution in [2.45, 2.75) is 39.6 Å². The predicted molar refractivity (Wildman–Crippen MR) is 99.4 cm³/mol. The van der Waals surface area contributed by atoms with Crippen LogP contribution < -0.4 is 4.74 Å². The predicted octanol–water partition coefficient (Wildman–Crippen LogP) is 3.80. The summed E-state index contributed by atoms with van der Waals surface area (Å²) in [5.74, 6) is -1.04. The van der Waals surface area contributed by atoms with E-state index in [4.69, 9.17) is 21.1 Å². The van der Waals surface area contributed by atoms with Gasteiger partial charge in [-0.25, -0.2) is 4.79 Å². The van der Waals surface area contributed by atoms with Crippen LogP contribution in [0.15, 0.2) is 30.5 Å². The van der Waals surface area contributed by atoms with Crippen molar-refractivity contribution in [1.29, 1.82) is 0 Å². The first-order valence-corrected chi connectivity index (χ1v) is 9.04. The molecule has 1 aliphatic rings. The van der Waals surface area contributed by atoms with Gasteiger partial charge in [0.05, 0.1) is 12.3 Å². The Morgan fingerprint density at radius 2 is 2.04 bits per heavy atom. The number of carbonyl (C=O) groups is 1. The van der Waals surface area contributed by atoms with Crippen LogP contribution in [0, 0.1) is 23.0 Å². The molecule has 0 fully saturated rings. The molecule has 0 radical (unpaired) electrons. The number of carbonyl (C=O) groups excluding carboxylic acids is 1. The molecule has 148 valence electrons. The number of fused-ring (bicyclic) bond motifs is 1. The molecule has 2 atom stereocenters. The second kappa shape index (κ2) is 8.12. The van der Waals surface area contributed by atoms with Gasteiger partial charge in [0, 0.05) is 22.3 Å². The van der Waals surface area contributed by atoms with Gasteiger partial charge >= 0.3 is 5.97 Å². The highest BCUT2D eigenvalue weighted by Gasteiger charge is 2.33. The van der Waals surface area contributed by atoms with E-state index < -0.39 is 23.1 Å². The number of benzene rings is 1. The molecule has 2 aromatic rings. The molecule has 0 saturated heterocycles. The van der Waals surface area contributed by atoms with E-state index in [1.165, 1.54) is 0 Å². The van der Waals surface area contributed by atoms with Gasteiger partial charge in [-0.05, 0) is 30.5 Å². The van der Waals surface area contributed by atoms with Gasteiger partial charge in [-0.3, -0.25) is 9.82 Å². The van der Waals surface area contributed by atoms with Crippen molar-refractivity contribution in [1.82, 2.24) is 4.98 Å². The number of ether oxygens (including phenoxy) is 2. The Labute approximate surface area is 166 Å². The van der Waals surface area contributed by atoms with Crippen molar-refractivity contribution in [3.05, 3.63) is 68.0 Å². The second-order valence-corrected chi connectivity index (χ2v) is 7.20. The van der Waals surface area contributed by atoms with Gasteiger partial charge < -0.3 is 9.47 Å². The third-order valence-corrected chi connectivity index (χ3v) is 4.69. The van der Waals surface area contributed by atoms with Crippen LogP contribution in [0.2, 0.25) is 5.02 Å². The summed E-state index contributed by atoms with van der Waals surface area (Å²) in [6.45, 7) is 5.18. The summed E-state index contributed by atoms with van der Waals surface area (Å²) in [4.78, 5) is 32.0. The summed E-state index contributed by atoms with van der Waals surface area (Å²) in [6, 6.07) is 7.24. The molecule has 0 unspecified atom stereocenters. The number of aryl methyl sites for hydroxylation is 1. The van der Waals surface area contributed by atoms with Crippen molar-refractivity contribution in [2.24, 2.45) is 5.92 Å². The van der Waals surface area contributed by atoms with Crippen molar-refractivity contribution < 1.29 is 24.2 Å². The molecule has 9 heteroatoms. The Bertz CT molecular complexity index is 900. The molecule has 0 bridgehead atoms. The zero-order chi connectivity index (χ0) is 20.4. The van der Waals surface area contributed by atoms with E-state index in [0.29, 0.717) is 16.3 Å². The summed E-state index contributed by atoms with van der Waals surface area (Å²) in [7, 11) is 0. The number of halogens is 1. The zero-order valence-electron chi connectivity index (χ0n) is 15.5. The molecule has 3 rings (SSSR count). The number of nitrogens with zero attached hydrogens (tertiary/aromatic N) is 2. The molecular weight excluding hydrogens is 388 g/mol. The molecule has 0 spiro atoms. The van der Waals surface area contributed by atoms with E-state index in [2.05, 4.69) is 9.82 Å². The fourth-order valence-electron chi connectivity index (χ4n) is 3.02.